The highest BCUT2D eigenvalue weighted by atomic mass is 16.7. The molecule has 0 bridgehead atoms. The van der Waals surface area contributed by atoms with E-state index < -0.39 is 0 Å². The van der Waals surface area contributed by atoms with Gasteiger partial charge in [-0.15, -0.1) is 0 Å². The molecule has 1 heterocycles. The minimum Gasteiger partial charge on any atom is -0.418 e. The largest absolute Gasteiger partial charge is 0.418 e. The lowest BCUT2D eigenvalue weighted by molar-refractivity contribution is -0.171. The normalized spacial score (nSPS) is 33.9. The van der Waals surface area contributed by atoms with Crippen LogP contribution in [0.5, 0.6) is 0 Å². The number of cyclic esters (lactones) is 1. The molecule has 0 N–H and O–H groups in total. The van der Waals surface area contributed by atoms with Crippen LogP contribution in [0.15, 0.2) is 0 Å². The van der Waals surface area contributed by atoms with Crippen molar-refractivity contribution in [3.05, 3.63) is 6.29 Å². The number of hydrogen-bond acceptors (Lipinski definition) is 4. The van der Waals surface area contributed by atoms with Crippen molar-refractivity contribution >= 4 is 11.8 Å². The third-order valence-corrected chi connectivity index (χ3v) is 3.10. The van der Waals surface area contributed by atoms with E-state index in [1.807, 2.05) is 13.8 Å². The number of ketones is 1. The molecule has 2 rings (SSSR count). The molecule has 4 nitrogen and oxygen atoms in total. The molecule has 2 aliphatic rings. The Morgan fingerprint density at radius 3 is 2.40 bits per heavy atom. The number of ether oxygens (including phenoxy) is 2. The van der Waals surface area contributed by atoms with Crippen LogP contribution in [-0.2, 0) is 19.1 Å². The van der Waals surface area contributed by atoms with E-state index in [0.29, 0.717) is 0 Å². The maximum atomic E-state index is 11.8. The Hall–Kier alpha value is -0.900. The molecular weight excluding hydrogens is 196 g/mol. The van der Waals surface area contributed by atoms with Gasteiger partial charge in [-0.05, 0) is 19.3 Å². The van der Waals surface area contributed by atoms with Gasteiger partial charge in [-0.25, -0.2) is 0 Å². The minimum absolute atomic E-state index is 0.123. The Kier molecular flexibility index (Phi) is 2.15. The minimum atomic E-state index is -0.333. The second kappa shape index (κ2) is 3.04. The van der Waals surface area contributed by atoms with Crippen molar-refractivity contribution in [2.75, 3.05) is 0 Å². The Morgan fingerprint density at radius 1 is 1.27 bits per heavy atom. The summed E-state index contributed by atoms with van der Waals surface area (Å²) in [5.41, 5.74) is -0.268. The third kappa shape index (κ3) is 1.47. The highest BCUT2D eigenvalue weighted by Crippen LogP contribution is 2.62. The monoisotopic (exact) mass is 211 g/mol. The summed E-state index contributed by atoms with van der Waals surface area (Å²) < 4.78 is 10.1. The smallest absolute Gasteiger partial charge is 0.348 e. The van der Waals surface area contributed by atoms with E-state index >= 15 is 0 Å². The van der Waals surface area contributed by atoms with Crippen LogP contribution in [0, 0.1) is 23.5 Å². The van der Waals surface area contributed by atoms with Crippen LogP contribution < -0.4 is 0 Å². The summed E-state index contributed by atoms with van der Waals surface area (Å²) in [4.78, 5) is 23.3. The molecule has 2 unspecified atom stereocenters. The van der Waals surface area contributed by atoms with Crippen LogP contribution >= 0.6 is 0 Å². The molecule has 0 aromatic rings. The van der Waals surface area contributed by atoms with Gasteiger partial charge < -0.3 is 9.47 Å². The van der Waals surface area contributed by atoms with Crippen LogP contribution in [0.25, 0.3) is 0 Å². The topological polar surface area (TPSA) is 52.6 Å². The summed E-state index contributed by atoms with van der Waals surface area (Å²) in [6.07, 6.45) is -0.281. The Balaban J connectivity index is 2.14. The fourth-order valence-corrected chi connectivity index (χ4v) is 2.20. The molecule has 4 heteroatoms. The van der Waals surface area contributed by atoms with Gasteiger partial charge in [0.05, 0.1) is 12.0 Å². The summed E-state index contributed by atoms with van der Waals surface area (Å²) in [7, 11) is 0. The zero-order valence-corrected chi connectivity index (χ0v) is 9.37. The van der Waals surface area contributed by atoms with Gasteiger partial charge in [0, 0.05) is 5.92 Å². The Morgan fingerprint density at radius 2 is 1.87 bits per heavy atom. The molecule has 2 atom stereocenters. The summed E-state index contributed by atoms with van der Waals surface area (Å²) >= 11 is 0. The van der Waals surface area contributed by atoms with Gasteiger partial charge in [0.1, 0.15) is 0 Å². The lowest BCUT2D eigenvalue weighted by atomic mass is 10.1. The molecule has 83 valence electrons. The van der Waals surface area contributed by atoms with Gasteiger partial charge in [0.25, 0.3) is 0 Å². The predicted molar refractivity (Wildman–Crippen MR) is 51.3 cm³/mol. The second-order valence-corrected chi connectivity index (χ2v) is 5.02. The number of fused-ring (bicyclic) bond motifs is 1. The summed E-state index contributed by atoms with van der Waals surface area (Å²) in [6.45, 7) is 7.39. The number of carbonyl (C=O) groups excluding carboxylic acids is 2. The highest BCUT2D eigenvalue weighted by Gasteiger charge is 2.71. The first-order valence-electron chi connectivity index (χ1n) is 5.15. The molecule has 2 fully saturated rings. The van der Waals surface area contributed by atoms with Crippen molar-refractivity contribution in [3.8, 4) is 0 Å². The summed E-state index contributed by atoms with van der Waals surface area (Å²) in [6, 6.07) is 0. The number of carbonyl (C=O) groups is 2. The Bertz CT molecular complexity index is 319. The van der Waals surface area contributed by atoms with Gasteiger partial charge >= 0.3 is 12.3 Å². The average molecular weight is 211 g/mol. The van der Waals surface area contributed by atoms with E-state index in [1.165, 1.54) is 0 Å². The first-order valence-corrected chi connectivity index (χ1v) is 5.15. The predicted octanol–water partition coefficient (Wildman–Crippen LogP) is 1.30. The van der Waals surface area contributed by atoms with E-state index in [2.05, 4.69) is 0 Å². The van der Waals surface area contributed by atoms with Gasteiger partial charge in [-0.3, -0.25) is 9.59 Å². The highest BCUT2D eigenvalue weighted by molar-refractivity contribution is 6.04. The zero-order chi connectivity index (χ0) is 11.4. The third-order valence-electron chi connectivity index (χ3n) is 3.10. The zero-order valence-electron chi connectivity index (χ0n) is 9.37. The molecule has 1 aliphatic heterocycles. The molecule has 1 aliphatic carbocycles. The fraction of sp³-hybridized carbons (Fsp3) is 0.727. The first-order chi connectivity index (χ1) is 6.85. The van der Waals surface area contributed by atoms with Crippen LogP contribution in [0.3, 0.4) is 0 Å². The van der Waals surface area contributed by atoms with Gasteiger partial charge in [0.2, 0.25) is 5.78 Å². The van der Waals surface area contributed by atoms with E-state index in [0.717, 1.165) is 0 Å². The van der Waals surface area contributed by atoms with Crippen molar-refractivity contribution in [3.63, 3.8) is 0 Å². The average Bonchev–Trinajstić information content (AvgIpc) is 2.64. The van der Waals surface area contributed by atoms with Crippen molar-refractivity contribution in [2.24, 2.45) is 17.3 Å². The van der Waals surface area contributed by atoms with Crippen LogP contribution in [-0.4, -0.2) is 17.9 Å². The lowest BCUT2D eigenvalue weighted by Crippen LogP contribution is -2.32. The molecule has 0 amide bonds. The molecule has 1 saturated carbocycles. The number of hydrogen-bond donors (Lipinski definition) is 0. The summed E-state index contributed by atoms with van der Waals surface area (Å²) in [5.74, 6) is -1.02. The molecular formula is C11H15O4. The van der Waals surface area contributed by atoms with Crippen molar-refractivity contribution < 1.29 is 19.1 Å². The van der Waals surface area contributed by atoms with Crippen molar-refractivity contribution in [2.45, 2.75) is 33.8 Å². The van der Waals surface area contributed by atoms with Gasteiger partial charge in [-0.2, -0.15) is 0 Å². The van der Waals surface area contributed by atoms with Crippen LogP contribution in [0.4, 0.5) is 0 Å². The number of Topliss-reactive ketones (excluding diaryl/α,β-unsaturated/α-hetero) is 1. The van der Waals surface area contributed by atoms with E-state index in [1.54, 1.807) is 13.8 Å². The first kappa shape index (κ1) is 10.6. The van der Waals surface area contributed by atoms with Gasteiger partial charge in [-0.1, -0.05) is 13.8 Å². The van der Waals surface area contributed by atoms with E-state index in [4.69, 9.17) is 9.47 Å². The van der Waals surface area contributed by atoms with Crippen molar-refractivity contribution in [1.82, 2.24) is 0 Å². The molecule has 0 aromatic carbocycles. The van der Waals surface area contributed by atoms with E-state index in [9.17, 15) is 9.59 Å². The number of esters is 1. The van der Waals surface area contributed by atoms with Crippen molar-refractivity contribution in [1.29, 1.82) is 0 Å². The second-order valence-electron chi connectivity index (χ2n) is 5.02. The van der Waals surface area contributed by atoms with Crippen LogP contribution in [0.2, 0.25) is 0 Å². The molecule has 15 heavy (non-hydrogen) atoms. The SMILES string of the molecule is CC(C)O[C]1OC(=O)C2C(C1=O)C2(C)C. The summed E-state index contributed by atoms with van der Waals surface area (Å²) in [5, 5.41) is 0. The standard InChI is InChI=1S/C11H15O4/c1-5(2)14-10-8(12)6-7(9(13)15-10)11(6,3)4/h5-7H,1-4H3. The van der Waals surface area contributed by atoms with E-state index in [-0.39, 0.29) is 41.4 Å². The fourth-order valence-electron chi connectivity index (χ4n) is 2.20. The lowest BCUT2D eigenvalue weighted by Gasteiger charge is -2.20. The maximum absolute atomic E-state index is 11.8. The Labute approximate surface area is 88.9 Å². The molecule has 0 spiro atoms. The molecule has 1 saturated heterocycles. The number of rotatable bonds is 2. The molecule has 0 aromatic heterocycles. The quantitative estimate of drug-likeness (QED) is 0.646. The van der Waals surface area contributed by atoms with Crippen LogP contribution in [0.1, 0.15) is 27.7 Å². The van der Waals surface area contributed by atoms with Gasteiger partial charge in [0.15, 0.2) is 0 Å². The molecule has 1 radical (unpaired) electrons. The maximum Gasteiger partial charge on any atom is 0.348 e.